The molecule has 0 bridgehead atoms. The van der Waals surface area contributed by atoms with E-state index in [0.29, 0.717) is 0 Å². The number of hydrogen-bond donors (Lipinski definition) is 0. The maximum absolute atomic E-state index is 6.71. The lowest BCUT2D eigenvalue weighted by Crippen LogP contribution is -2.10. The third-order valence-electron chi connectivity index (χ3n) is 11.6. The van der Waals surface area contributed by atoms with Crippen LogP contribution in [0.4, 0.5) is 17.1 Å². The van der Waals surface area contributed by atoms with Crippen molar-refractivity contribution in [3.63, 3.8) is 0 Å². The van der Waals surface area contributed by atoms with Crippen molar-refractivity contribution in [3.05, 3.63) is 200 Å². The number of para-hydroxylation sites is 2. The molecule has 2 heterocycles. The maximum Gasteiger partial charge on any atom is 0.143 e. The van der Waals surface area contributed by atoms with E-state index in [9.17, 15) is 0 Å². The van der Waals surface area contributed by atoms with E-state index in [0.717, 1.165) is 82.8 Å². The van der Waals surface area contributed by atoms with Crippen LogP contribution >= 0.6 is 0 Å². The lowest BCUT2D eigenvalue weighted by Gasteiger charge is -2.27. The summed E-state index contributed by atoms with van der Waals surface area (Å²) >= 11 is 0. The number of nitrogens with zero attached hydrogens (tertiary/aromatic N) is 1. The smallest absolute Gasteiger partial charge is 0.143 e. The SMILES string of the molecule is c1cc(-c2cccc3c2oc2ccccc23)cc(N(c2ccc(-c3cc4ccccc4c4ccccc34)cc2)c2cccc3oc4c5ccccc5ccc4c23)c1. The highest BCUT2D eigenvalue weighted by atomic mass is 16.3. The Morgan fingerprint density at radius 2 is 0.982 bits per heavy atom. The summed E-state index contributed by atoms with van der Waals surface area (Å²) in [7, 11) is 0. The Morgan fingerprint density at radius 3 is 1.86 bits per heavy atom. The van der Waals surface area contributed by atoms with Gasteiger partial charge in [0.2, 0.25) is 0 Å². The molecule has 3 nitrogen and oxygen atoms in total. The molecule has 0 atom stereocenters. The zero-order chi connectivity index (χ0) is 37.5. The summed E-state index contributed by atoms with van der Waals surface area (Å²) in [5, 5.41) is 11.7. The third kappa shape index (κ3) is 4.92. The summed E-state index contributed by atoms with van der Waals surface area (Å²) in [5.74, 6) is 0. The van der Waals surface area contributed by atoms with E-state index in [4.69, 9.17) is 8.83 Å². The van der Waals surface area contributed by atoms with Crippen LogP contribution in [0.25, 0.3) is 98.4 Å². The molecule has 0 aliphatic heterocycles. The van der Waals surface area contributed by atoms with Gasteiger partial charge in [0.05, 0.1) is 11.1 Å². The zero-order valence-corrected chi connectivity index (χ0v) is 30.8. The predicted octanol–water partition coefficient (Wildman–Crippen LogP) is 15.7. The van der Waals surface area contributed by atoms with Gasteiger partial charge in [-0.2, -0.15) is 0 Å². The first-order valence-electron chi connectivity index (χ1n) is 19.4. The summed E-state index contributed by atoms with van der Waals surface area (Å²) < 4.78 is 13.2. The van der Waals surface area contributed by atoms with Crippen LogP contribution in [-0.4, -0.2) is 0 Å². The quantitative estimate of drug-likeness (QED) is 0.165. The van der Waals surface area contributed by atoms with Gasteiger partial charge >= 0.3 is 0 Å². The number of rotatable bonds is 5. The maximum atomic E-state index is 6.71. The molecular formula is C54H33NO2. The first-order valence-corrected chi connectivity index (χ1v) is 19.4. The van der Waals surface area contributed by atoms with E-state index in [-0.39, 0.29) is 0 Å². The number of hydrogen-bond acceptors (Lipinski definition) is 3. The lowest BCUT2D eigenvalue weighted by molar-refractivity contribution is 0.670. The van der Waals surface area contributed by atoms with Gasteiger partial charge in [0, 0.05) is 38.5 Å². The zero-order valence-electron chi connectivity index (χ0n) is 30.8. The van der Waals surface area contributed by atoms with Crippen LogP contribution in [0.3, 0.4) is 0 Å². The Hall–Kier alpha value is -7.62. The Morgan fingerprint density at radius 1 is 0.316 bits per heavy atom. The Labute approximate surface area is 328 Å². The summed E-state index contributed by atoms with van der Waals surface area (Å²) in [4.78, 5) is 2.37. The van der Waals surface area contributed by atoms with Crippen molar-refractivity contribution in [1.29, 1.82) is 0 Å². The van der Waals surface area contributed by atoms with Crippen LogP contribution < -0.4 is 4.90 Å². The molecule has 12 rings (SSSR count). The van der Waals surface area contributed by atoms with Gasteiger partial charge in [-0.3, -0.25) is 0 Å². The van der Waals surface area contributed by atoms with Gasteiger partial charge in [-0.1, -0.05) is 146 Å². The monoisotopic (exact) mass is 727 g/mol. The number of benzene rings is 10. The van der Waals surface area contributed by atoms with E-state index >= 15 is 0 Å². The first-order chi connectivity index (χ1) is 28.3. The first kappa shape index (κ1) is 31.7. The molecule has 0 radical (unpaired) electrons. The highest BCUT2D eigenvalue weighted by molar-refractivity contribution is 6.20. The third-order valence-corrected chi connectivity index (χ3v) is 11.6. The average molecular weight is 728 g/mol. The minimum atomic E-state index is 0.853. The van der Waals surface area contributed by atoms with Crippen LogP contribution in [0, 0.1) is 0 Å². The molecule has 266 valence electrons. The van der Waals surface area contributed by atoms with Crippen molar-refractivity contribution in [3.8, 4) is 22.3 Å². The standard InChI is InChI=1S/C54H33NO2/c1-4-17-41-34(12-1)28-31-47-52-49(23-11-25-51(52)57-54(41)47)55(39-15-9-14-36(32-39)42-21-10-22-46-45-20-7-8-24-50(45)56-53(42)46)38-29-26-35(27-30-38)48-33-37-13-2-3-16-40(37)43-18-5-6-19-44(43)48/h1-33H. The van der Waals surface area contributed by atoms with Crippen molar-refractivity contribution in [1.82, 2.24) is 0 Å². The predicted molar refractivity (Wildman–Crippen MR) is 239 cm³/mol. The highest BCUT2D eigenvalue weighted by Crippen LogP contribution is 2.46. The van der Waals surface area contributed by atoms with Crippen LogP contribution in [0.1, 0.15) is 0 Å². The fraction of sp³-hybridized carbons (Fsp3) is 0. The van der Waals surface area contributed by atoms with Crippen molar-refractivity contribution >= 4 is 93.3 Å². The van der Waals surface area contributed by atoms with Crippen LogP contribution in [0.5, 0.6) is 0 Å². The fourth-order valence-corrected chi connectivity index (χ4v) is 9.02. The van der Waals surface area contributed by atoms with Crippen LogP contribution in [0.2, 0.25) is 0 Å². The molecule has 0 aliphatic carbocycles. The van der Waals surface area contributed by atoms with E-state index in [1.807, 2.05) is 12.1 Å². The molecule has 0 amide bonds. The van der Waals surface area contributed by atoms with Gasteiger partial charge in [-0.15, -0.1) is 0 Å². The summed E-state index contributed by atoms with van der Waals surface area (Å²) in [6, 6.07) is 71.5. The van der Waals surface area contributed by atoms with Crippen molar-refractivity contribution < 1.29 is 8.83 Å². The van der Waals surface area contributed by atoms with Gasteiger partial charge in [0.25, 0.3) is 0 Å². The lowest BCUT2D eigenvalue weighted by atomic mass is 9.93. The second kappa shape index (κ2) is 12.5. The number of anilines is 3. The Kier molecular flexibility index (Phi) is 6.93. The summed E-state index contributed by atoms with van der Waals surface area (Å²) in [6.45, 7) is 0. The number of fused-ring (bicyclic) bond motifs is 11. The largest absolute Gasteiger partial charge is 0.455 e. The molecule has 57 heavy (non-hydrogen) atoms. The van der Waals surface area contributed by atoms with Gasteiger partial charge in [0.1, 0.15) is 22.3 Å². The Bertz CT molecular complexity index is 3530. The molecule has 0 unspecified atom stereocenters. The van der Waals surface area contributed by atoms with Crippen molar-refractivity contribution in [2.24, 2.45) is 0 Å². The van der Waals surface area contributed by atoms with E-state index in [1.54, 1.807) is 0 Å². The van der Waals surface area contributed by atoms with Gasteiger partial charge in [-0.05, 0) is 98.2 Å². The molecule has 0 saturated carbocycles. The normalized spacial score (nSPS) is 11.9. The summed E-state index contributed by atoms with van der Waals surface area (Å²) in [6.07, 6.45) is 0. The molecule has 0 saturated heterocycles. The fourth-order valence-electron chi connectivity index (χ4n) is 9.02. The van der Waals surface area contributed by atoms with Crippen LogP contribution in [-0.2, 0) is 0 Å². The topological polar surface area (TPSA) is 29.5 Å². The average Bonchev–Trinajstić information content (AvgIpc) is 3.86. The highest BCUT2D eigenvalue weighted by Gasteiger charge is 2.22. The molecule has 10 aromatic carbocycles. The second-order valence-corrected chi connectivity index (χ2v) is 14.8. The second-order valence-electron chi connectivity index (χ2n) is 14.8. The van der Waals surface area contributed by atoms with Gasteiger partial charge < -0.3 is 13.7 Å². The van der Waals surface area contributed by atoms with Gasteiger partial charge in [0.15, 0.2) is 0 Å². The number of furan rings is 2. The van der Waals surface area contributed by atoms with E-state index < -0.39 is 0 Å². The van der Waals surface area contributed by atoms with E-state index in [1.165, 1.54) is 32.7 Å². The molecule has 12 aromatic rings. The van der Waals surface area contributed by atoms with Crippen molar-refractivity contribution in [2.45, 2.75) is 0 Å². The van der Waals surface area contributed by atoms with Crippen LogP contribution in [0.15, 0.2) is 209 Å². The Balaban J connectivity index is 1.07. The molecule has 3 heteroatoms. The molecule has 2 aromatic heterocycles. The molecular weight excluding hydrogens is 695 g/mol. The summed E-state index contributed by atoms with van der Waals surface area (Å²) in [5.41, 5.74) is 11.2. The molecule has 0 fully saturated rings. The van der Waals surface area contributed by atoms with Crippen molar-refractivity contribution in [2.75, 3.05) is 4.90 Å². The minimum absolute atomic E-state index is 0.853. The molecule has 0 aliphatic rings. The minimum Gasteiger partial charge on any atom is -0.455 e. The molecule has 0 spiro atoms. The van der Waals surface area contributed by atoms with Gasteiger partial charge in [-0.25, -0.2) is 0 Å². The molecule has 0 N–H and O–H groups in total. The van der Waals surface area contributed by atoms with E-state index in [2.05, 4.69) is 193 Å².